The Morgan fingerprint density at radius 3 is 1.92 bits per heavy atom. The van der Waals surface area contributed by atoms with Crippen molar-refractivity contribution in [2.24, 2.45) is 5.92 Å². The minimum absolute atomic E-state index is 0.0904. The fraction of sp³-hybridized carbons (Fsp3) is 0.684. The zero-order chi connectivity index (χ0) is 17.5. The maximum atomic E-state index is 15.4. The van der Waals surface area contributed by atoms with Crippen LogP contribution in [0.1, 0.15) is 69.8 Å². The maximum Gasteiger partial charge on any atom is 0.194 e. The van der Waals surface area contributed by atoms with E-state index < -0.39 is 34.7 Å². The third kappa shape index (κ3) is 2.95. The van der Waals surface area contributed by atoms with Gasteiger partial charge in [-0.25, -0.2) is 22.0 Å². The number of hydrogen-bond donors (Lipinski definition) is 0. The van der Waals surface area contributed by atoms with Crippen LogP contribution in [-0.2, 0) is 0 Å². The van der Waals surface area contributed by atoms with Gasteiger partial charge in [-0.15, -0.1) is 0 Å². The maximum absolute atomic E-state index is 15.4. The summed E-state index contributed by atoms with van der Waals surface area (Å²) in [6.45, 7) is 2.07. The molecule has 0 aromatic heterocycles. The lowest BCUT2D eigenvalue weighted by molar-refractivity contribution is -0.0198. The second kappa shape index (κ2) is 6.30. The SMILES string of the molecule is CCCC1CCC2(F)CC(c3cc(F)c(F)c(F)c3)CC2(F)CC1. The Balaban J connectivity index is 1.83. The summed E-state index contributed by atoms with van der Waals surface area (Å²) in [5.41, 5.74) is -3.76. The standard InChI is InChI=1S/C19H23F5/c1-2-3-12-4-6-18(23)10-14(11-19(18,24)7-5-12)13-8-15(20)17(22)16(21)9-13/h8-9,12,14H,2-7,10-11H2,1H3. The van der Waals surface area contributed by atoms with Crippen LogP contribution in [0.5, 0.6) is 0 Å². The van der Waals surface area contributed by atoms with Gasteiger partial charge in [-0.3, -0.25) is 0 Å². The van der Waals surface area contributed by atoms with Gasteiger partial charge in [0.15, 0.2) is 17.5 Å². The minimum atomic E-state index is -1.96. The summed E-state index contributed by atoms with van der Waals surface area (Å²) in [5, 5.41) is 0. The van der Waals surface area contributed by atoms with E-state index in [1.54, 1.807) is 0 Å². The van der Waals surface area contributed by atoms with Crippen molar-refractivity contribution >= 4 is 0 Å². The van der Waals surface area contributed by atoms with Crippen molar-refractivity contribution in [3.05, 3.63) is 35.1 Å². The van der Waals surface area contributed by atoms with Gasteiger partial charge < -0.3 is 0 Å². The molecule has 1 aromatic carbocycles. The summed E-state index contributed by atoms with van der Waals surface area (Å²) < 4.78 is 70.8. The van der Waals surface area contributed by atoms with Crippen LogP contribution >= 0.6 is 0 Å². The fourth-order valence-corrected chi connectivity index (χ4v) is 4.62. The molecule has 3 rings (SSSR count). The average Bonchev–Trinajstić information content (AvgIpc) is 2.73. The third-order valence-corrected chi connectivity index (χ3v) is 6.02. The van der Waals surface area contributed by atoms with Gasteiger partial charge >= 0.3 is 0 Å². The molecule has 2 aliphatic rings. The summed E-state index contributed by atoms with van der Waals surface area (Å²) in [6.07, 6.45) is 3.39. The van der Waals surface area contributed by atoms with E-state index in [1.165, 1.54) is 0 Å². The summed E-state index contributed by atoms with van der Waals surface area (Å²) in [7, 11) is 0. The van der Waals surface area contributed by atoms with Crippen molar-refractivity contribution in [3.63, 3.8) is 0 Å². The predicted octanol–water partition coefficient (Wildman–Crippen LogP) is 6.39. The van der Waals surface area contributed by atoms with Crippen molar-refractivity contribution in [1.82, 2.24) is 0 Å². The molecule has 0 amide bonds. The Bertz CT molecular complexity index is 571. The smallest absolute Gasteiger partial charge is 0.194 e. The van der Waals surface area contributed by atoms with Crippen LogP contribution in [0.3, 0.4) is 0 Å². The molecule has 0 heterocycles. The number of alkyl halides is 2. The van der Waals surface area contributed by atoms with Crippen molar-refractivity contribution in [3.8, 4) is 0 Å². The van der Waals surface area contributed by atoms with Gasteiger partial charge in [0.1, 0.15) is 11.3 Å². The van der Waals surface area contributed by atoms with Crippen molar-refractivity contribution in [1.29, 1.82) is 0 Å². The Morgan fingerprint density at radius 1 is 0.958 bits per heavy atom. The van der Waals surface area contributed by atoms with Crippen molar-refractivity contribution in [2.45, 2.75) is 75.5 Å². The molecule has 0 radical (unpaired) electrons. The molecule has 0 aliphatic heterocycles. The predicted molar refractivity (Wildman–Crippen MR) is 82.8 cm³/mol. The first-order chi connectivity index (χ1) is 11.3. The van der Waals surface area contributed by atoms with Crippen LogP contribution in [0, 0.1) is 23.4 Å². The monoisotopic (exact) mass is 346 g/mol. The summed E-state index contributed by atoms with van der Waals surface area (Å²) in [5.74, 6) is -4.42. The zero-order valence-electron chi connectivity index (χ0n) is 13.9. The fourth-order valence-electron chi connectivity index (χ4n) is 4.62. The molecule has 0 saturated heterocycles. The van der Waals surface area contributed by atoms with E-state index in [2.05, 4.69) is 6.92 Å². The van der Waals surface area contributed by atoms with Gasteiger partial charge in [0.05, 0.1) is 0 Å². The molecular weight excluding hydrogens is 323 g/mol. The highest BCUT2D eigenvalue weighted by Crippen LogP contribution is 2.58. The Kier molecular flexibility index (Phi) is 4.65. The highest BCUT2D eigenvalue weighted by molar-refractivity contribution is 5.28. The van der Waals surface area contributed by atoms with Crippen molar-refractivity contribution < 1.29 is 22.0 Å². The molecule has 134 valence electrons. The number of fused-ring (bicyclic) bond motifs is 1. The van der Waals surface area contributed by atoms with Gasteiger partial charge in [0.25, 0.3) is 0 Å². The largest absolute Gasteiger partial charge is 0.240 e. The number of benzene rings is 1. The van der Waals surface area contributed by atoms with E-state index in [-0.39, 0.29) is 31.2 Å². The molecule has 2 saturated carbocycles. The molecular formula is C19H23F5. The molecule has 5 heteroatoms. The summed E-state index contributed by atoms with van der Waals surface area (Å²) in [6, 6.07) is 1.75. The molecule has 0 bridgehead atoms. The van der Waals surface area contributed by atoms with E-state index in [9.17, 15) is 13.2 Å². The highest BCUT2D eigenvalue weighted by atomic mass is 19.2. The van der Waals surface area contributed by atoms with Crippen LogP contribution in [0.25, 0.3) is 0 Å². The molecule has 0 spiro atoms. The first kappa shape index (κ1) is 17.7. The van der Waals surface area contributed by atoms with Gasteiger partial charge in [-0.05, 0) is 68.1 Å². The van der Waals surface area contributed by atoms with E-state index >= 15 is 8.78 Å². The zero-order valence-corrected chi connectivity index (χ0v) is 13.9. The molecule has 2 unspecified atom stereocenters. The van der Waals surface area contributed by atoms with Crippen LogP contribution in [0.15, 0.2) is 12.1 Å². The lowest BCUT2D eigenvalue weighted by Crippen LogP contribution is -2.41. The van der Waals surface area contributed by atoms with Gasteiger partial charge in [0.2, 0.25) is 0 Å². The Morgan fingerprint density at radius 2 is 1.46 bits per heavy atom. The quantitative estimate of drug-likeness (QED) is 0.439. The van der Waals surface area contributed by atoms with Crippen LogP contribution in [0.4, 0.5) is 22.0 Å². The number of hydrogen-bond acceptors (Lipinski definition) is 0. The first-order valence-electron chi connectivity index (χ1n) is 8.80. The molecule has 2 fully saturated rings. The summed E-state index contributed by atoms with van der Waals surface area (Å²) in [4.78, 5) is 0. The van der Waals surface area contributed by atoms with Crippen LogP contribution < -0.4 is 0 Å². The normalized spacial score (nSPS) is 36.4. The molecule has 24 heavy (non-hydrogen) atoms. The van der Waals surface area contributed by atoms with Gasteiger partial charge in [0, 0.05) is 0 Å². The Labute approximate surface area is 139 Å². The van der Waals surface area contributed by atoms with Crippen LogP contribution in [-0.4, -0.2) is 11.3 Å². The first-order valence-corrected chi connectivity index (χ1v) is 8.80. The summed E-state index contributed by atoms with van der Waals surface area (Å²) >= 11 is 0. The highest BCUT2D eigenvalue weighted by Gasteiger charge is 2.60. The van der Waals surface area contributed by atoms with E-state index in [0.717, 1.165) is 25.0 Å². The van der Waals surface area contributed by atoms with E-state index in [0.29, 0.717) is 18.8 Å². The Hall–Kier alpha value is -1.13. The van der Waals surface area contributed by atoms with Gasteiger partial charge in [-0.2, -0.15) is 0 Å². The van der Waals surface area contributed by atoms with E-state index in [1.807, 2.05) is 0 Å². The minimum Gasteiger partial charge on any atom is -0.240 e. The lowest BCUT2D eigenvalue weighted by atomic mass is 9.85. The second-order valence-electron chi connectivity index (χ2n) is 7.57. The molecule has 2 aliphatic carbocycles. The molecule has 2 atom stereocenters. The molecule has 0 N–H and O–H groups in total. The number of halogens is 5. The lowest BCUT2D eigenvalue weighted by Gasteiger charge is -2.31. The van der Waals surface area contributed by atoms with Crippen molar-refractivity contribution in [2.75, 3.05) is 0 Å². The number of rotatable bonds is 3. The second-order valence-corrected chi connectivity index (χ2v) is 7.57. The third-order valence-electron chi connectivity index (χ3n) is 6.02. The topological polar surface area (TPSA) is 0 Å². The van der Waals surface area contributed by atoms with E-state index in [4.69, 9.17) is 0 Å². The molecule has 1 aromatic rings. The average molecular weight is 346 g/mol. The molecule has 0 nitrogen and oxygen atoms in total. The van der Waals surface area contributed by atoms with Gasteiger partial charge in [-0.1, -0.05) is 19.8 Å². The van der Waals surface area contributed by atoms with Crippen LogP contribution in [0.2, 0.25) is 0 Å².